The summed E-state index contributed by atoms with van der Waals surface area (Å²) in [5, 5.41) is 4.55. The van der Waals surface area contributed by atoms with Crippen LogP contribution in [-0.2, 0) is 22.9 Å². The van der Waals surface area contributed by atoms with Gasteiger partial charge in [0.25, 0.3) is 0 Å². The SMILES string of the molecule is CNCc1cn(CCS(=O)(=O)C(C)C)c2cc(Cl)ccc12. The summed E-state index contributed by atoms with van der Waals surface area (Å²) < 4.78 is 26.0. The number of aryl methyl sites for hydroxylation is 1. The number of fused-ring (bicyclic) bond motifs is 1. The largest absolute Gasteiger partial charge is 0.346 e. The van der Waals surface area contributed by atoms with Crippen LogP contribution in [0.3, 0.4) is 0 Å². The Balaban J connectivity index is 2.37. The summed E-state index contributed by atoms with van der Waals surface area (Å²) in [6.45, 7) is 4.61. The number of benzene rings is 1. The van der Waals surface area contributed by atoms with E-state index < -0.39 is 9.84 Å². The Labute approximate surface area is 131 Å². The predicted octanol–water partition coefficient (Wildman–Crippen LogP) is 2.84. The van der Waals surface area contributed by atoms with E-state index in [1.54, 1.807) is 13.8 Å². The number of nitrogens with zero attached hydrogens (tertiary/aromatic N) is 1. The molecule has 0 saturated heterocycles. The molecule has 0 spiro atoms. The van der Waals surface area contributed by atoms with Crippen molar-refractivity contribution in [2.24, 2.45) is 0 Å². The lowest BCUT2D eigenvalue weighted by atomic mass is 10.2. The summed E-state index contributed by atoms with van der Waals surface area (Å²) in [4.78, 5) is 0. The lowest BCUT2D eigenvalue weighted by Crippen LogP contribution is -2.20. The van der Waals surface area contributed by atoms with Gasteiger partial charge in [0.1, 0.15) is 0 Å². The zero-order chi connectivity index (χ0) is 15.6. The quantitative estimate of drug-likeness (QED) is 0.887. The molecule has 6 heteroatoms. The number of nitrogens with one attached hydrogen (secondary N) is 1. The molecule has 0 atom stereocenters. The molecule has 0 saturated carbocycles. The zero-order valence-electron chi connectivity index (χ0n) is 12.6. The monoisotopic (exact) mass is 328 g/mol. The molecule has 2 aromatic rings. The van der Waals surface area contributed by atoms with Crippen molar-refractivity contribution < 1.29 is 8.42 Å². The molecule has 1 aromatic carbocycles. The molecule has 0 radical (unpaired) electrons. The van der Waals surface area contributed by atoms with E-state index in [0.29, 0.717) is 11.6 Å². The first-order chi connectivity index (χ1) is 9.85. The van der Waals surface area contributed by atoms with Crippen LogP contribution in [0.5, 0.6) is 0 Å². The summed E-state index contributed by atoms with van der Waals surface area (Å²) in [5.74, 6) is 0.139. The maximum atomic E-state index is 12.0. The van der Waals surface area contributed by atoms with E-state index in [1.807, 2.05) is 36.0 Å². The van der Waals surface area contributed by atoms with Crippen molar-refractivity contribution in [2.75, 3.05) is 12.8 Å². The average Bonchev–Trinajstić information content (AvgIpc) is 2.74. The molecule has 4 nitrogen and oxygen atoms in total. The Bertz CT molecular complexity index is 735. The second-order valence-corrected chi connectivity index (χ2v) is 8.57. The van der Waals surface area contributed by atoms with E-state index >= 15 is 0 Å². The molecule has 21 heavy (non-hydrogen) atoms. The molecule has 0 aliphatic rings. The third-order valence-electron chi connectivity index (χ3n) is 3.63. The van der Waals surface area contributed by atoms with Gasteiger partial charge in [-0.2, -0.15) is 0 Å². The van der Waals surface area contributed by atoms with E-state index in [1.165, 1.54) is 0 Å². The lowest BCUT2D eigenvalue weighted by Gasteiger charge is -2.09. The fraction of sp³-hybridized carbons (Fsp3) is 0.467. The Hall–Kier alpha value is -1.04. The van der Waals surface area contributed by atoms with Crippen LogP contribution in [0.4, 0.5) is 0 Å². The van der Waals surface area contributed by atoms with Gasteiger partial charge in [0.15, 0.2) is 9.84 Å². The summed E-state index contributed by atoms with van der Waals surface area (Å²) >= 11 is 6.07. The highest BCUT2D eigenvalue weighted by atomic mass is 35.5. The van der Waals surface area contributed by atoms with Crippen molar-refractivity contribution in [3.05, 3.63) is 35.0 Å². The molecule has 0 aliphatic heterocycles. The van der Waals surface area contributed by atoms with Crippen LogP contribution in [0, 0.1) is 0 Å². The normalized spacial score (nSPS) is 12.4. The first-order valence-electron chi connectivity index (χ1n) is 6.98. The molecule has 1 N–H and O–H groups in total. The molecule has 0 aliphatic carbocycles. The second kappa shape index (κ2) is 6.38. The van der Waals surface area contributed by atoms with Crippen LogP contribution in [0.15, 0.2) is 24.4 Å². The van der Waals surface area contributed by atoms with Gasteiger partial charge in [-0.25, -0.2) is 8.42 Å². The van der Waals surface area contributed by atoms with Gasteiger partial charge in [-0.05, 0) is 38.6 Å². The van der Waals surface area contributed by atoms with E-state index in [0.717, 1.165) is 23.0 Å². The topological polar surface area (TPSA) is 51.1 Å². The zero-order valence-corrected chi connectivity index (χ0v) is 14.1. The van der Waals surface area contributed by atoms with E-state index in [4.69, 9.17) is 11.6 Å². The van der Waals surface area contributed by atoms with Crippen molar-refractivity contribution in [2.45, 2.75) is 32.2 Å². The smallest absolute Gasteiger partial charge is 0.154 e. The summed E-state index contributed by atoms with van der Waals surface area (Å²) in [6.07, 6.45) is 2.01. The van der Waals surface area contributed by atoms with Gasteiger partial charge in [0.05, 0.1) is 11.0 Å². The van der Waals surface area contributed by atoms with E-state index in [9.17, 15) is 8.42 Å². The molecule has 0 unspecified atom stereocenters. The van der Waals surface area contributed by atoms with Crippen LogP contribution in [0.1, 0.15) is 19.4 Å². The standard InChI is InChI=1S/C15H21ClN2O2S/c1-11(2)21(19,20)7-6-18-10-12(9-17-3)14-5-4-13(16)8-15(14)18/h4-5,8,10-11,17H,6-7,9H2,1-3H3. The van der Waals surface area contributed by atoms with Crippen LogP contribution in [0.2, 0.25) is 5.02 Å². The molecule has 0 fully saturated rings. The minimum Gasteiger partial charge on any atom is -0.346 e. The fourth-order valence-electron chi connectivity index (χ4n) is 2.32. The molecular weight excluding hydrogens is 308 g/mol. The number of hydrogen-bond acceptors (Lipinski definition) is 3. The van der Waals surface area contributed by atoms with Crippen molar-refractivity contribution in [1.82, 2.24) is 9.88 Å². The van der Waals surface area contributed by atoms with Crippen LogP contribution < -0.4 is 5.32 Å². The molecule has 0 amide bonds. The van der Waals surface area contributed by atoms with Gasteiger partial charge in [-0.15, -0.1) is 0 Å². The molecule has 0 bridgehead atoms. The summed E-state index contributed by atoms with van der Waals surface area (Å²) in [7, 11) is -1.16. The lowest BCUT2D eigenvalue weighted by molar-refractivity contribution is 0.581. The van der Waals surface area contributed by atoms with Gasteiger partial charge < -0.3 is 9.88 Å². The maximum Gasteiger partial charge on any atom is 0.154 e. The Kier molecular flexibility index (Phi) is 4.96. The highest BCUT2D eigenvalue weighted by molar-refractivity contribution is 7.91. The van der Waals surface area contributed by atoms with Gasteiger partial charge in [-0.3, -0.25) is 0 Å². The van der Waals surface area contributed by atoms with Gasteiger partial charge >= 0.3 is 0 Å². The maximum absolute atomic E-state index is 12.0. The molecular formula is C15H21ClN2O2S. The number of aromatic nitrogens is 1. The highest BCUT2D eigenvalue weighted by Gasteiger charge is 2.17. The number of sulfone groups is 1. The molecule has 1 heterocycles. The summed E-state index contributed by atoms with van der Waals surface area (Å²) in [6, 6.07) is 5.73. The Morgan fingerprint density at radius 3 is 2.67 bits per heavy atom. The Morgan fingerprint density at radius 1 is 1.33 bits per heavy atom. The van der Waals surface area contributed by atoms with Crippen LogP contribution in [0.25, 0.3) is 10.9 Å². The molecule has 2 rings (SSSR count). The number of halogens is 1. The highest BCUT2D eigenvalue weighted by Crippen LogP contribution is 2.25. The third kappa shape index (κ3) is 3.59. The minimum atomic E-state index is -3.05. The van der Waals surface area contributed by atoms with Crippen molar-refractivity contribution in [3.8, 4) is 0 Å². The van der Waals surface area contributed by atoms with Gasteiger partial charge in [-0.1, -0.05) is 17.7 Å². The summed E-state index contributed by atoms with van der Waals surface area (Å²) in [5.41, 5.74) is 2.12. The third-order valence-corrected chi connectivity index (χ3v) is 6.05. The van der Waals surface area contributed by atoms with E-state index in [-0.39, 0.29) is 11.0 Å². The number of rotatable bonds is 6. The molecule has 1 aromatic heterocycles. The predicted molar refractivity (Wildman–Crippen MR) is 88.6 cm³/mol. The second-order valence-electron chi connectivity index (χ2n) is 5.46. The average molecular weight is 329 g/mol. The van der Waals surface area contributed by atoms with Gasteiger partial charge in [0.2, 0.25) is 0 Å². The van der Waals surface area contributed by atoms with Gasteiger partial charge in [0, 0.05) is 35.2 Å². The van der Waals surface area contributed by atoms with Crippen LogP contribution in [-0.4, -0.2) is 31.0 Å². The van der Waals surface area contributed by atoms with Crippen LogP contribution >= 0.6 is 11.6 Å². The first kappa shape index (κ1) is 16.3. The molecule has 116 valence electrons. The Morgan fingerprint density at radius 2 is 2.05 bits per heavy atom. The number of hydrogen-bond donors (Lipinski definition) is 1. The van der Waals surface area contributed by atoms with Crippen molar-refractivity contribution in [3.63, 3.8) is 0 Å². The van der Waals surface area contributed by atoms with E-state index in [2.05, 4.69) is 5.32 Å². The fourth-order valence-corrected chi connectivity index (χ4v) is 3.41. The van der Waals surface area contributed by atoms with Crippen molar-refractivity contribution >= 4 is 32.3 Å². The first-order valence-corrected chi connectivity index (χ1v) is 9.08. The van der Waals surface area contributed by atoms with Crippen molar-refractivity contribution in [1.29, 1.82) is 0 Å². The minimum absolute atomic E-state index is 0.139.